The topological polar surface area (TPSA) is 41.5 Å². The van der Waals surface area contributed by atoms with Crippen LogP contribution in [0, 0.1) is 0 Å². The molecule has 3 nitrogen and oxygen atoms in total. The van der Waals surface area contributed by atoms with Crippen molar-refractivity contribution < 1.29 is 4.79 Å². The summed E-state index contributed by atoms with van der Waals surface area (Å²) in [5, 5.41) is 5.57. The number of hydrogen-bond donors (Lipinski definition) is 1. The summed E-state index contributed by atoms with van der Waals surface area (Å²) >= 11 is 24.3. The molecular weight excluding hydrogens is 522 g/mol. The van der Waals surface area contributed by atoms with Crippen LogP contribution in [0.2, 0.25) is 20.1 Å². The third kappa shape index (κ3) is 6.87. The normalized spacial score (nSPS) is 12.9. The fourth-order valence-electron chi connectivity index (χ4n) is 3.58. The number of nitrogens with zero attached hydrogens (tertiary/aromatic N) is 1. The second kappa shape index (κ2) is 11.7. The summed E-state index contributed by atoms with van der Waals surface area (Å²) < 4.78 is 0. The maximum Gasteiger partial charge on any atom is 0.251 e. The Morgan fingerprint density at radius 1 is 0.629 bits per heavy atom. The van der Waals surface area contributed by atoms with Crippen molar-refractivity contribution >= 4 is 58.5 Å². The number of amides is 1. The lowest BCUT2D eigenvalue weighted by atomic mass is 9.93. The SMILES string of the molecule is O=C(NC(c1ccc(Cl)cc1)[C@@H](N=Cc1ccc(Cl)cc1)c1ccc(Cl)cc1)c1ccc(Cl)cc1. The number of carbonyl (C=O) groups is 1. The maximum atomic E-state index is 13.2. The van der Waals surface area contributed by atoms with E-state index < -0.39 is 12.1 Å². The zero-order valence-electron chi connectivity index (χ0n) is 18.3. The van der Waals surface area contributed by atoms with Crippen LogP contribution in [0.4, 0.5) is 0 Å². The molecule has 0 saturated carbocycles. The van der Waals surface area contributed by atoms with Gasteiger partial charge in [0, 0.05) is 31.9 Å². The number of carbonyl (C=O) groups excluding carboxylic acids is 1. The number of benzene rings is 4. The summed E-state index contributed by atoms with van der Waals surface area (Å²) in [4.78, 5) is 18.1. The molecule has 4 aromatic rings. The number of hydrogen-bond acceptors (Lipinski definition) is 2. The van der Waals surface area contributed by atoms with Gasteiger partial charge in [-0.2, -0.15) is 0 Å². The van der Waals surface area contributed by atoms with Gasteiger partial charge < -0.3 is 5.32 Å². The largest absolute Gasteiger partial charge is 0.343 e. The first-order valence-electron chi connectivity index (χ1n) is 10.7. The van der Waals surface area contributed by atoms with E-state index in [4.69, 9.17) is 51.4 Å². The molecule has 1 amide bonds. The highest BCUT2D eigenvalue weighted by Gasteiger charge is 2.26. The van der Waals surface area contributed by atoms with Gasteiger partial charge in [-0.25, -0.2) is 0 Å². The van der Waals surface area contributed by atoms with Gasteiger partial charge in [0.25, 0.3) is 5.91 Å². The third-order valence-corrected chi connectivity index (χ3v) is 6.41. The molecule has 1 unspecified atom stereocenters. The van der Waals surface area contributed by atoms with E-state index in [1.54, 1.807) is 54.7 Å². The minimum Gasteiger partial charge on any atom is -0.343 e. The first kappa shape index (κ1) is 25.3. The van der Waals surface area contributed by atoms with Crippen molar-refractivity contribution in [2.24, 2.45) is 4.99 Å². The lowest BCUT2D eigenvalue weighted by Gasteiger charge is -2.26. The average Bonchev–Trinajstić information content (AvgIpc) is 2.86. The molecule has 0 saturated heterocycles. The molecule has 0 heterocycles. The van der Waals surface area contributed by atoms with Crippen molar-refractivity contribution in [3.63, 3.8) is 0 Å². The quantitative estimate of drug-likeness (QED) is 0.234. The lowest BCUT2D eigenvalue weighted by Crippen LogP contribution is -2.32. The third-order valence-electron chi connectivity index (χ3n) is 5.40. The molecule has 0 aromatic heterocycles. The first-order chi connectivity index (χ1) is 16.9. The van der Waals surface area contributed by atoms with Gasteiger partial charge in [-0.05, 0) is 77.4 Å². The fraction of sp³-hybridized carbons (Fsp3) is 0.0714. The molecule has 0 aliphatic rings. The van der Waals surface area contributed by atoms with Gasteiger partial charge in [0.2, 0.25) is 0 Å². The van der Waals surface area contributed by atoms with E-state index in [-0.39, 0.29) is 5.91 Å². The number of aliphatic imine (C=N–C) groups is 1. The Hall–Kier alpha value is -2.82. The van der Waals surface area contributed by atoms with Crippen molar-refractivity contribution in [3.8, 4) is 0 Å². The highest BCUT2D eigenvalue weighted by atomic mass is 35.5. The van der Waals surface area contributed by atoms with E-state index in [2.05, 4.69) is 5.32 Å². The Kier molecular flexibility index (Phi) is 8.48. The zero-order chi connectivity index (χ0) is 24.8. The van der Waals surface area contributed by atoms with E-state index >= 15 is 0 Å². The van der Waals surface area contributed by atoms with Crippen LogP contribution in [-0.4, -0.2) is 12.1 Å². The molecule has 0 aliphatic carbocycles. The molecule has 0 spiro atoms. The minimum atomic E-state index is -0.500. The number of nitrogens with one attached hydrogen (secondary N) is 1. The van der Waals surface area contributed by atoms with Crippen molar-refractivity contribution in [1.82, 2.24) is 5.32 Å². The summed E-state index contributed by atoms with van der Waals surface area (Å²) in [6.45, 7) is 0. The monoisotopic (exact) mass is 540 g/mol. The van der Waals surface area contributed by atoms with Crippen molar-refractivity contribution in [2.45, 2.75) is 12.1 Å². The minimum absolute atomic E-state index is 0.248. The summed E-state index contributed by atoms with van der Waals surface area (Å²) in [6, 6.07) is 27.9. The molecule has 0 bridgehead atoms. The smallest absolute Gasteiger partial charge is 0.251 e. The van der Waals surface area contributed by atoms with Crippen LogP contribution in [0.25, 0.3) is 0 Å². The highest BCUT2D eigenvalue weighted by Crippen LogP contribution is 2.34. The van der Waals surface area contributed by atoms with Gasteiger partial charge >= 0.3 is 0 Å². The number of halogens is 4. The van der Waals surface area contributed by atoms with Gasteiger partial charge in [0.15, 0.2) is 0 Å². The Balaban J connectivity index is 1.76. The average molecular weight is 542 g/mol. The van der Waals surface area contributed by atoms with Gasteiger partial charge in [-0.15, -0.1) is 0 Å². The Morgan fingerprint density at radius 2 is 1.06 bits per heavy atom. The van der Waals surface area contributed by atoms with Crippen LogP contribution in [0.5, 0.6) is 0 Å². The number of rotatable bonds is 7. The van der Waals surface area contributed by atoms with Crippen molar-refractivity contribution in [2.75, 3.05) is 0 Å². The molecule has 4 aromatic carbocycles. The zero-order valence-corrected chi connectivity index (χ0v) is 21.4. The van der Waals surface area contributed by atoms with E-state index in [0.29, 0.717) is 25.7 Å². The molecule has 1 N–H and O–H groups in total. The lowest BCUT2D eigenvalue weighted by molar-refractivity contribution is 0.0930. The molecule has 0 radical (unpaired) electrons. The second-order valence-electron chi connectivity index (χ2n) is 7.84. The van der Waals surface area contributed by atoms with Crippen LogP contribution in [0.3, 0.4) is 0 Å². The first-order valence-corrected chi connectivity index (χ1v) is 12.3. The van der Waals surface area contributed by atoms with Crippen LogP contribution in [0.1, 0.15) is 39.1 Å². The van der Waals surface area contributed by atoms with Gasteiger partial charge in [-0.3, -0.25) is 9.79 Å². The van der Waals surface area contributed by atoms with Gasteiger partial charge in [-0.1, -0.05) is 82.8 Å². The fourth-order valence-corrected chi connectivity index (χ4v) is 4.08. The molecule has 2 atom stereocenters. The predicted octanol–water partition coefficient (Wildman–Crippen LogP) is 8.63. The molecular formula is C28H20Cl4N2O. The van der Waals surface area contributed by atoms with Crippen LogP contribution < -0.4 is 5.32 Å². The molecule has 7 heteroatoms. The summed E-state index contributed by atoms with van der Waals surface area (Å²) in [7, 11) is 0. The molecule has 4 rings (SSSR count). The molecule has 0 aliphatic heterocycles. The summed E-state index contributed by atoms with van der Waals surface area (Å²) in [6.07, 6.45) is 1.77. The Labute approximate surface area is 224 Å². The molecule has 0 fully saturated rings. The van der Waals surface area contributed by atoms with Crippen LogP contribution in [-0.2, 0) is 0 Å². The Bertz CT molecular complexity index is 1300. The van der Waals surface area contributed by atoms with E-state index in [0.717, 1.165) is 16.7 Å². The van der Waals surface area contributed by atoms with Crippen molar-refractivity contribution in [3.05, 3.63) is 139 Å². The van der Waals surface area contributed by atoms with Gasteiger partial charge in [0.05, 0.1) is 12.1 Å². The predicted molar refractivity (Wildman–Crippen MR) is 146 cm³/mol. The van der Waals surface area contributed by atoms with E-state index in [1.807, 2.05) is 48.5 Å². The summed E-state index contributed by atoms with van der Waals surface area (Å²) in [5.74, 6) is -0.248. The second-order valence-corrected chi connectivity index (χ2v) is 9.58. The molecule has 176 valence electrons. The van der Waals surface area contributed by atoms with Crippen LogP contribution in [0.15, 0.2) is 102 Å². The van der Waals surface area contributed by atoms with E-state index in [1.165, 1.54) is 0 Å². The van der Waals surface area contributed by atoms with Crippen molar-refractivity contribution in [1.29, 1.82) is 0 Å². The standard InChI is InChI=1S/C28H20Cl4N2O/c29-22-9-1-18(2-10-22)17-33-26(19-3-11-23(30)12-4-19)27(20-5-13-24(31)14-6-20)34-28(35)21-7-15-25(32)16-8-21/h1-17,26-27H,(H,34,35)/t26-,27?/m0/s1. The Morgan fingerprint density at radius 3 is 1.57 bits per heavy atom. The highest BCUT2D eigenvalue weighted by molar-refractivity contribution is 6.31. The molecule has 35 heavy (non-hydrogen) atoms. The maximum absolute atomic E-state index is 13.2. The van der Waals surface area contributed by atoms with Crippen LogP contribution >= 0.6 is 46.4 Å². The summed E-state index contributed by atoms with van der Waals surface area (Å²) in [5.41, 5.74) is 3.11. The van der Waals surface area contributed by atoms with E-state index in [9.17, 15) is 4.79 Å². The van der Waals surface area contributed by atoms with Gasteiger partial charge in [0.1, 0.15) is 0 Å².